The number of nitrogens with one attached hydrogen (secondary N) is 3. The quantitative estimate of drug-likeness (QED) is 0.193. The largest absolute Gasteiger partial charge is 0.481 e. The zero-order valence-corrected chi connectivity index (χ0v) is 23.3. The molecule has 1 unspecified atom stereocenters. The fourth-order valence-corrected chi connectivity index (χ4v) is 4.74. The molecule has 10 heteroatoms. The number of aliphatic hydroxyl groups is 1. The predicted octanol–water partition coefficient (Wildman–Crippen LogP) is 4.34. The standard InChI is InChI=1S/C32H35F2N3O5/c1-2-20-5-3-6-21(11-20)17-35-19-29(38)28(14-22-12-25(33)16-26(34)13-22)37-31(41)23-7-4-8-24(15-23)32-36-18-27(42-32)9-10-30(39)40/h3-8,11-13,15-16,18,28-29,32,35-36,38H,2,9-10,14,17,19H2,1H3,(H,37,41)(H,39,40)/t28-,29+,32?/m0/s1. The maximum absolute atomic E-state index is 13.9. The van der Waals surface area contributed by atoms with E-state index in [4.69, 9.17) is 9.84 Å². The summed E-state index contributed by atoms with van der Waals surface area (Å²) in [5, 5.41) is 29.1. The Hall–Kier alpha value is -4.28. The summed E-state index contributed by atoms with van der Waals surface area (Å²) < 4.78 is 33.6. The fraction of sp³-hybridized carbons (Fsp3) is 0.312. The summed E-state index contributed by atoms with van der Waals surface area (Å²) >= 11 is 0. The molecular weight excluding hydrogens is 544 g/mol. The Morgan fingerprint density at radius 2 is 1.74 bits per heavy atom. The highest BCUT2D eigenvalue weighted by Gasteiger charge is 2.25. The van der Waals surface area contributed by atoms with Crippen molar-refractivity contribution in [3.8, 4) is 0 Å². The van der Waals surface area contributed by atoms with E-state index in [0.29, 0.717) is 29.0 Å². The number of ether oxygens (including phenoxy) is 1. The molecule has 8 nitrogen and oxygen atoms in total. The number of halogens is 2. The number of carboxylic acid groups (broad SMARTS) is 1. The summed E-state index contributed by atoms with van der Waals surface area (Å²) in [6.07, 6.45) is 1.02. The summed E-state index contributed by atoms with van der Waals surface area (Å²) in [6, 6.07) is 17.0. The summed E-state index contributed by atoms with van der Waals surface area (Å²) in [7, 11) is 0. The number of hydrogen-bond donors (Lipinski definition) is 5. The van der Waals surface area contributed by atoms with Crippen molar-refractivity contribution in [3.63, 3.8) is 0 Å². The zero-order valence-electron chi connectivity index (χ0n) is 23.3. The van der Waals surface area contributed by atoms with Crippen molar-refractivity contribution in [1.29, 1.82) is 0 Å². The van der Waals surface area contributed by atoms with Gasteiger partial charge in [-0.25, -0.2) is 8.78 Å². The molecule has 1 aliphatic rings. The summed E-state index contributed by atoms with van der Waals surface area (Å²) in [5.74, 6) is -2.40. The van der Waals surface area contributed by atoms with Crippen LogP contribution in [0.1, 0.15) is 58.6 Å². The minimum absolute atomic E-state index is 0.00156. The predicted molar refractivity (Wildman–Crippen MR) is 153 cm³/mol. The molecule has 5 N–H and O–H groups in total. The van der Waals surface area contributed by atoms with E-state index < -0.39 is 41.9 Å². The summed E-state index contributed by atoms with van der Waals surface area (Å²) in [5.41, 5.74) is 3.48. The Morgan fingerprint density at radius 3 is 2.48 bits per heavy atom. The molecule has 0 saturated heterocycles. The molecule has 1 aliphatic heterocycles. The van der Waals surface area contributed by atoms with Gasteiger partial charge in [-0.05, 0) is 53.8 Å². The van der Waals surface area contributed by atoms with Crippen LogP contribution in [0.3, 0.4) is 0 Å². The van der Waals surface area contributed by atoms with Crippen LogP contribution in [-0.4, -0.2) is 40.8 Å². The Bertz CT molecular complexity index is 1410. The van der Waals surface area contributed by atoms with E-state index in [0.717, 1.165) is 18.1 Å². The first-order valence-corrected chi connectivity index (χ1v) is 13.9. The molecule has 3 aromatic carbocycles. The lowest BCUT2D eigenvalue weighted by molar-refractivity contribution is -0.137. The molecule has 42 heavy (non-hydrogen) atoms. The number of benzene rings is 3. The molecular formula is C32H35F2N3O5. The molecule has 0 radical (unpaired) electrons. The second kappa shape index (κ2) is 14.6. The summed E-state index contributed by atoms with van der Waals surface area (Å²) in [4.78, 5) is 24.2. The zero-order chi connectivity index (χ0) is 30.1. The average Bonchev–Trinajstić information content (AvgIpc) is 3.44. The van der Waals surface area contributed by atoms with E-state index in [1.807, 2.05) is 18.2 Å². The van der Waals surface area contributed by atoms with E-state index in [1.165, 1.54) is 17.7 Å². The number of aryl methyl sites for hydroxylation is 1. The number of carbonyl (C=O) groups excluding carboxylic acids is 1. The lowest BCUT2D eigenvalue weighted by Gasteiger charge is -2.25. The van der Waals surface area contributed by atoms with Crippen LogP contribution < -0.4 is 16.0 Å². The first-order chi connectivity index (χ1) is 20.2. The van der Waals surface area contributed by atoms with Crippen molar-refractivity contribution >= 4 is 11.9 Å². The number of aliphatic carboxylic acids is 1. The van der Waals surface area contributed by atoms with Crippen LogP contribution in [0.25, 0.3) is 0 Å². The number of carboxylic acids is 1. The molecule has 3 aromatic rings. The first kappa shape index (κ1) is 30.7. The average molecular weight is 580 g/mol. The van der Waals surface area contributed by atoms with E-state index in [1.54, 1.807) is 30.5 Å². The minimum Gasteiger partial charge on any atom is -0.481 e. The molecule has 0 bridgehead atoms. The van der Waals surface area contributed by atoms with Crippen molar-refractivity contribution < 1.29 is 33.3 Å². The highest BCUT2D eigenvalue weighted by Crippen LogP contribution is 2.26. The van der Waals surface area contributed by atoms with Crippen molar-refractivity contribution in [2.45, 2.75) is 57.5 Å². The minimum atomic E-state index is -1.07. The molecule has 1 heterocycles. The van der Waals surface area contributed by atoms with Gasteiger partial charge >= 0.3 is 5.97 Å². The highest BCUT2D eigenvalue weighted by atomic mass is 19.1. The molecule has 0 saturated carbocycles. The van der Waals surface area contributed by atoms with Crippen LogP contribution in [0, 0.1) is 11.6 Å². The monoisotopic (exact) mass is 579 g/mol. The Morgan fingerprint density at radius 1 is 1.00 bits per heavy atom. The molecule has 1 amide bonds. The third-order valence-corrected chi connectivity index (χ3v) is 6.94. The van der Waals surface area contributed by atoms with Gasteiger partial charge < -0.3 is 30.9 Å². The van der Waals surface area contributed by atoms with Crippen molar-refractivity contribution in [2.75, 3.05) is 6.54 Å². The molecule has 0 spiro atoms. The number of amides is 1. The van der Waals surface area contributed by atoms with Gasteiger partial charge in [-0.3, -0.25) is 9.59 Å². The van der Waals surface area contributed by atoms with Crippen molar-refractivity contribution in [3.05, 3.63) is 118 Å². The van der Waals surface area contributed by atoms with Gasteiger partial charge in [0.25, 0.3) is 5.91 Å². The van der Waals surface area contributed by atoms with Crippen LogP contribution in [0.2, 0.25) is 0 Å². The first-order valence-electron chi connectivity index (χ1n) is 13.9. The van der Waals surface area contributed by atoms with Crippen LogP contribution >= 0.6 is 0 Å². The topological polar surface area (TPSA) is 120 Å². The van der Waals surface area contributed by atoms with Gasteiger partial charge in [-0.15, -0.1) is 0 Å². The van der Waals surface area contributed by atoms with Gasteiger partial charge in [0, 0.05) is 42.9 Å². The third-order valence-electron chi connectivity index (χ3n) is 6.94. The Labute approximate surface area is 243 Å². The number of carbonyl (C=O) groups is 2. The molecule has 222 valence electrons. The molecule has 0 aromatic heterocycles. The smallest absolute Gasteiger partial charge is 0.303 e. The van der Waals surface area contributed by atoms with Gasteiger partial charge in [0.2, 0.25) is 0 Å². The van der Waals surface area contributed by atoms with Crippen molar-refractivity contribution in [2.24, 2.45) is 0 Å². The van der Waals surface area contributed by atoms with E-state index >= 15 is 0 Å². The van der Waals surface area contributed by atoms with E-state index in [2.05, 4.69) is 28.9 Å². The maximum atomic E-state index is 13.9. The van der Waals surface area contributed by atoms with Crippen LogP contribution in [0.4, 0.5) is 8.78 Å². The van der Waals surface area contributed by atoms with Gasteiger partial charge in [-0.1, -0.05) is 43.3 Å². The van der Waals surface area contributed by atoms with Crippen molar-refractivity contribution in [1.82, 2.24) is 16.0 Å². The second-order valence-electron chi connectivity index (χ2n) is 10.2. The van der Waals surface area contributed by atoms with Crippen LogP contribution in [-0.2, 0) is 28.9 Å². The van der Waals surface area contributed by atoms with Gasteiger partial charge in [-0.2, -0.15) is 0 Å². The Balaban J connectivity index is 1.44. The maximum Gasteiger partial charge on any atom is 0.303 e. The highest BCUT2D eigenvalue weighted by molar-refractivity contribution is 5.94. The molecule has 3 atom stereocenters. The van der Waals surface area contributed by atoms with Crippen LogP contribution in [0.5, 0.6) is 0 Å². The number of allylic oxidation sites excluding steroid dienone is 1. The number of rotatable bonds is 14. The normalized spacial score (nSPS) is 15.7. The van der Waals surface area contributed by atoms with E-state index in [9.17, 15) is 23.5 Å². The lowest BCUT2D eigenvalue weighted by Crippen LogP contribution is -2.48. The number of aliphatic hydroxyl groups excluding tert-OH is 1. The molecule has 0 fully saturated rings. The third kappa shape index (κ3) is 8.86. The lowest BCUT2D eigenvalue weighted by atomic mass is 9.99. The van der Waals surface area contributed by atoms with Gasteiger partial charge in [0.05, 0.1) is 18.6 Å². The Kier molecular flexibility index (Phi) is 10.6. The second-order valence-corrected chi connectivity index (χ2v) is 10.2. The SMILES string of the molecule is CCc1cccc(CNC[C@@H](O)[C@H](Cc2cc(F)cc(F)c2)NC(=O)c2cccc(C3NC=C(CCC(=O)O)O3)c2)c1. The fourth-order valence-electron chi connectivity index (χ4n) is 4.74. The van der Waals surface area contributed by atoms with Gasteiger partial charge in [0.1, 0.15) is 17.4 Å². The van der Waals surface area contributed by atoms with E-state index in [-0.39, 0.29) is 25.8 Å². The van der Waals surface area contributed by atoms with Gasteiger partial charge in [0.15, 0.2) is 6.23 Å². The number of hydrogen-bond acceptors (Lipinski definition) is 6. The molecule has 0 aliphatic carbocycles. The summed E-state index contributed by atoms with van der Waals surface area (Å²) in [6.45, 7) is 2.70. The van der Waals surface area contributed by atoms with Crippen LogP contribution in [0.15, 0.2) is 78.7 Å². The molecule has 4 rings (SSSR count).